The third-order valence-corrected chi connectivity index (χ3v) is 5.91. The average molecular weight is 373 g/mol. The molecule has 1 N–H and O–H groups in total. The van der Waals surface area contributed by atoms with Gasteiger partial charge in [-0.05, 0) is 66.3 Å². The molecule has 2 aliphatic rings. The zero-order chi connectivity index (χ0) is 19.9. The van der Waals surface area contributed by atoms with Crippen LogP contribution in [0.1, 0.15) is 60.1 Å². The van der Waals surface area contributed by atoms with E-state index in [1.807, 2.05) is 25.1 Å². The molecule has 0 saturated heterocycles. The number of aliphatic carboxylic acids is 1. The maximum Gasteiger partial charge on any atom is 0.307 e. The van der Waals surface area contributed by atoms with Crippen molar-refractivity contribution in [1.82, 2.24) is 4.90 Å². The van der Waals surface area contributed by atoms with Crippen molar-refractivity contribution in [2.75, 3.05) is 6.54 Å². The molecular weight excluding hydrogens is 346 g/mol. The van der Waals surface area contributed by atoms with E-state index >= 15 is 0 Å². The SMILES string of the molecule is Cc1cc(C#Cc2ccc3c(c2)C(C)(C)CN(C2CC2)C3)ccc1CC(=O)O. The van der Waals surface area contributed by atoms with Crippen molar-refractivity contribution in [2.24, 2.45) is 0 Å². The van der Waals surface area contributed by atoms with Crippen molar-refractivity contribution in [1.29, 1.82) is 0 Å². The molecule has 0 amide bonds. The second-order valence-electron chi connectivity index (χ2n) is 8.85. The predicted octanol–water partition coefficient (Wildman–Crippen LogP) is 4.28. The summed E-state index contributed by atoms with van der Waals surface area (Å²) < 4.78 is 0. The highest BCUT2D eigenvalue weighted by atomic mass is 16.4. The molecule has 1 saturated carbocycles. The first-order valence-electron chi connectivity index (χ1n) is 10.0. The highest BCUT2D eigenvalue weighted by Gasteiger charge is 2.38. The van der Waals surface area contributed by atoms with Crippen LogP contribution in [-0.2, 0) is 23.2 Å². The van der Waals surface area contributed by atoms with E-state index in [1.54, 1.807) is 0 Å². The number of fused-ring (bicyclic) bond motifs is 1. The second kappa shape index (κ2) is 7.11. The van der Waals surface area contributed by atoms with Crippen molar-refractivity contribution in [2.45, 2.75) is 58.0 Å². The number of benzene rings is 2. The highest BCUT2D eigenvalue weighted by Crippen LogP contribution is 2.39. The van der Waals surface area contributed by atoms with Crippen LogP contribution in [0.5, 0.6) is 0 Å². The van der Waals surface area contributed by atoms with Crippen molar-refractivity contribution in [3.8, 4) is 11.8 Å². The topological polar surface area (TPSA) is 40.5 Å². The largest absolute Gasteiger partial charge is 0.481 e. The molecule has 0 atom stereocenters. The Balaban J connectivity index is 1.57. The minimum Gasteiger partial charge on any atom is -0.481 e. The fourth-order valence-electron chi connectivity index (χ4n) is 4.27. The Kier molecular flexibility index (Phi) is 4.77. The van der Waals surface area contributed by atoms with Gasteiger partial charge < -0.3 is 5.11 Å². The number of aryl methyl sites for hydroxylation is 1. The van der Waals surface area contributed by atoms with E-state index in [1.165, 1.54) is 24.0 Å². The second-order valence-corrected chi connectivity index (χ2v) is 8.85. The van der Waals surface area contributed by atoms with Gasteiger partial charge in [0, 0.05) is 35.7 Å². The van der Waals surface area contributed by atoms with E-state index in [-0.39, 0.29) is 11.8 Å². The lowest BCUT2D eigenvalue weighted by Gasteiger charge is -2.40. The van der Waals surface area contributed by atoms with Crippen LogP contribution >= 0.6 is 0 Å². The van der Waals surface area contributed by atoms with Crippen LogP contribution in [0.25, 0.3) is 0 Å². The van der Waals surface area contributed by atoms with Gasteiger partial charge in [0.2, 0.25) is 0 Å². The lowest BCUT2D eigenvalue weighted by atomic mass is 9.77. The molecular formula is C25H27NO2. The predicted molar refractivity (Wildman–Crippen MR) is 111 cm³/mol. The summed E-state index contributed by atoms with van der Waals surface area (Å²) in [6.07, 6.45) is 2.75. The molecule has 1 heterocycles. The molecule has 28 heavy (non-hydrogen) atoms. The molecule has 1 aliphatic carbocycles. The van der Waals surface area contributed by atoms with Crippen LogP contribution in [0.4, 0.5) is 0 Å². The molecule has 0 bridgehead atoms. The Morgan fingerprint density at radius 2 is 1.82 bits per heavy atom. The van der Waals surface area contributed by atoms with E-state index in [9.17, 15) is 4.79 Å². The highest BCUT2D eigenvalue weighted by molar-refractivity contribution is 5.71. The number of hydrogen-bond acceptors (Lipinski definition) is 2. The normalized spacial score (nSPS) is 18.1. The minimum atomic E-state index is -0.807. The molecule has 1 fully saturated rings. The van der Waals surface area contributed by atoms with Crippen LogP contribution in [-0.4, -0.2) is 28.6 Å². The van der Waals surface area contributed by atoms with Gasteiger partial charge in [-0.25, -0.2) is 0 Å². The Labute approximate surface area is 167 Å². The first-order chi connectivity index (χ1) is 13.3. The Morgan fingerprint density at radius 3 is 2.46 bits per heavy atom. The van der Waals surface area contributed by atoms with Gasteiger partial charge >= 0.3 is 5.97 Å². The molecule has 2 aromatic carbocycles. The fraction of sp³-hybridized carbons (Fsp3) is 0.400. The number of carboxylic acids is 1. The summed E-state index contributed by atoms with van der Waals surface area (Å²) in [5, 5.41) is 8.97. The first-order valence-corrected chi connectivity index (χ1v) is 10.0. The number of nitrogens with zero attached hydrogens (tertiary/aromatic N) is 1. The molecule has 1 aliphatic heterocycles. The van der Waals surface area contributed by atoms with Crippen molar-refractivity contribution in [3.63, 3.8) is 0 Å². The van der Waals surface area contributed by atoms with Crippen molar-refractivity contribution >= 4 is 5.97 Å². The lowest BCUT2D eigenvalue weighted by Crippen LogP contribution is -2.43. The Hall–Kier alpha value is -2.57. The summed E-state index contributed by atoms with van der Waals surface area (Å²) in [5.74, 6) is 5.74. The van der Waals surface area contributed by atoms with E-state index in [4.69, 9.17) is 5.11 Å². The third kappa shape index (κ3) is 3.98. The van der Waals surface area contributed by atoms with E-state index in [0.29, 0.717) is 0 Å². The summed E-state index contributed by atoms with van der Waals surface area (Å²) in [6.45, 7) is 8.79. The van der Waals surface area contributed by atoms with Crippen molar-refractivity contribution < 1.29 is 9.90 Å². The summed E-state index contributed by atoms with van der Waals surface area (Å²) in [7, 11) is 0. The smallest absolute Gasteiger partial charge is 0.307 e. The Morgan fingerprint density at radius 1 is 1.14 bits per heavy atom. The average Bonchev–Trinajstić information content (AvgIpc) is 3.46. The molecule has 144 valence electrons. The standard InChI is InChI=1S/C25H27NO2/c1-17-12-18(6-8-20(17)14-24(27)28)4-5-19-7-9-21-15-26(22-10-11-22)16-25(2,3)23(21)13-19/h6-9,12-13,22H,10-11,14-16H2,1-3H3,(H,27,28). The maximum atomic E-state index is 10.9. The Bertz CT molecular complexity index is 989. The molecule has 3 nitrogen and oxygen atoms in total. The van der Waals surface area contributed by atoms with Gasteiger partial charge in [-0.15, -0.1) is 0 Å². The number of rotatable bonds is 3. The summed E-state index contributed by atoms with van der Waals surface area (Å²) >= 11 is 0. The molecule has 0 radical (unpaired) electrons. The zero-order valence-electron chi connectivity index (χ0n) is 16.9. The minimum absolute atomic E-state index is 0.0529. The van der Waals surface area contributed by atoms with Gasteiger partial charge in [0.05, 0.1) is 6.42 Å². The molecule has 2 aromatic rings. The van der Waals surface area contributed by atoms with Crippen LogP contribution in [0.3, 0.4) is 0 Å². The van der Waals surface area contributed by atoms with Gasteiger partial charge in [-0.2, -0.15) is 0 Å². The van der Waals surface area contributed by atoms with E-state index in [2.05, 4.69) is 48.8 Å². The quantitative estimate of drug-likeness (QED) is 0.817. The molecule has 4 rings (SSSR count). The van der Waals surface area contributed by atoms with Gasteiger partial charge in [0.1, 0.15) is 0 Å². The van der Waals surface area contributed by atoms with Gasteiger partial charge in [-0.3, -0.25) is 9.69 Å². The first kappa shape index (κ1) is 18.8. The van der Waals surface area contributed by atoms with Gasteiger partial charge in [0.15, 0.2) is 0 Å². The van der Waals surface area contributed by atoms with E-state index < -0.39 is 5.97 Å². The fourth-order valence-corrected chi connectivity index (χ4v) is 4.27. The third-order valence-electron chi connectivity index (χ3n) is 5.91. The summed E-state index contributed by atoms with van der Waals surface area (Å²) in [6, 6.07) is 13.2. The molecule has 0 aromatic heterocycles. The van der Waals surface area contributed by atoms with Gasteiger partial charge in [0.25, 0.3) is 0 Å². The van der Waals surface area contributed by atoms with Gasteiger partial charge in [-0.1, -0.05) is 37.8 Å². The number of carbonyl (C=O) groups is 1. The summed E-state index contributed by atoms with van der Waals surface area (Å²) in [4.78, 5) is 13.6. The number of hydrogen-bond donors (Lipinski definition) is 1. The van der Waals surface area contributed by atoms with Crippen molar-refractivity contribution in [3.05, 3.63) is 69.8 Å². The summed E-state index contributed by atoms with van der Waals surface area (Å²) in [5.41, 5.74) is 6.77. The molecule has 0 spiro atoms. The van der Waals surface area contributed by atoms with Crippen LogP contribution in [0.2, 0.25) is 0 Å². The van der Waals surface area contributed by atoms with Crippen LogP contribution in [0, 0.1) is 18.8 Å². The van der Waals surface area contributed by atoms with Crippen LogP contribution in [0.15, 0.2) is 36.4 Å². The monoisotopic (exact) mass is 373 g/mol. The number of carboxylic acid groups (broad SMARTS) is 1. The zero-order valence-corrected chi connectivity index (χ0v) is 16.9. The molecule has 3 heteroatoms. The van der Waals surface area contributed by atoms with E-state index in [0.717, 1.165) is 41.4 Å². The lowest BCUT2D eigenvalue weighted by molar-refractivity contribution is -0.136. The molecule has 0 unspecified atom stereocenters. The van der Waals surface area contributed by atoms with Crippen LogP contribution < -0.4 is 0 Å². The maximum absolute atomic E-state index is 10.9.